The van der Waals surface area contributed by atoms with Crippen molar-refractivity contribution in [2.24, 2.45) is 35.5 Å². The summed E-state index contributed by atoms with van der Waals surface area (Å²) in [6, 6.07) is 25.0. The molecule has 8 saturated carbocycles. The van der Waals surface area contributed by atoms with E-state index in [0.717, 1.165) is 52.4 Å². The number of aliphatic hydroxyl groups is 1. The second kappa shape index (κ2) is 23.2. The van der Waals surface area contributed by atoms with Crippen LogP contribution in [0.1, 0.15) is 150 Å². The molecule has 0 aliphatic heterocycles. The van der Waals surface area contributed by atoms with Crippen molar-refractivity contribution in [2.45, 2.75) is 157 Å². The predicted octanol–water partition coefficient (Wildman–Crippen LogP) is 5.29. The van der Waals surface area contributed by atoms with E-state index in [1.807, 2.05) is 12.1 Å². The van der Waals surface area contributed by atoms with E-state index in [9.17, 15) is 72.5 Å². The van der Waals surface area contributed by atoms with E-state index in [1.54, 1.807) is 66.7 Å². The summed E-state index contributed by atoms with van der Waals surface area (Å²) in [5.41, 5.74) is -5.31. The van der Waals surface area contributed by atoms with E-state index < -0.39 is 76.3 Å². The monoisotopic (exact) mass is 1100 g/mol. The van der Waals surface area contributed by atoms with Gasteiger partial charge in [0.15, 0.2) is 17.3 Å². The van der Waals surface area contributed by atoms with E-state index in [-0.39, 0.29) is 36.0 Å². The molecular formula is C54H66F5LiN2O12S2. The second-order valence-corrected chi connectivity index (χ2v) is 26.0. The van der Waals surface area contributed by atoms with E-state index in [1.165, 1.54) is 39.8 Å². The minimum Gasteiger partial charge on any atom is -0.844 e. The van der Waals surface area contributed by atoms with Gasteiger partial charge in [0.25, 0.3) is 0 Å². The van der Waals surface area contributed by atoms with Crippen molar-refractivity contribution >= 4 is 49.5 Å². The number of benzene rings is 3. The third-order valence-corrected chi connectivity index (χ3v) is 17.3. The van der Waals surface area contributed by atoms with Crippen LogP contribution in [0.15, 0.2) is 91.0 Å². The fraction of sp³-hybridized carbons (Fsp3) is 0.574. The van der Waals surface area contributed by atoms with Crippen LogP contribution in [0.25, 0.3) is 0 Å². The molecule has 14 nitrogen and oxygen atoms in total. The van der Waals surface area contributed by atoms with E-state index in [2.05, 4.69) is 14.8 Å². The van der Waals surface area contributed by atoms with Crippen LogP contribution in [0.3, 0.4) is 0 Å². The number of hydrogen-bond acceptors (Lipinski definition) is 12. The van der Waals surface area contributed by atoms with Gasteiger partial charge in [0.2, 0.25) is 0 Å². The van der Waals surface area contributed by atoms with E-state index >= 15 is 0 Å². The van der Waals surface area contributed by atoms with Crippen LogP contribution in [0, 0.1) is 35.5 Å². The summed E-state index contributed by atoms with van der Waals surface area (Å²) >= 11 is 0. The Kier molecular flexibility index (Phi) is 19.0. The standard InChI is InChI=1S/C22H27F2NO5S.C12H16F3NO3S.C10H12O2.C10H11O2.Li/c1-20(2,18(26)17-6-4-3-5-7-17)30-31(28,29)22(23,24)19(27)25-21-11-14-8-15(12-21)10-16(9-14)13-21;13-12(14,20(15,18)19)10(17)16-11-4-7-1-8(5-11)3-9(2-7)6-11;2*1-10(2,12)9(11)8-6-4-3-5-7-8;/h3-7,14-16H,8-13H2,1-2H3,(H,25,27);7-9H,1-6H2,(H,16,17);3-7,12H,1-2H3;3-7H,1-2H3;/q;;;-1;+1. The van der Waals surface area contributed by atoms with Crippen molar-refractivity contribution in [3.05, 3.63) is 108 Å². The van der Waals surface area contributed by atoms with Gasteiger partial charge in [-0.15, -0.1) is 0 Å². The number of ketones is 3. The van der Waals surface area contributed by atoms with Crippen molar-refractivity contribution in [1.82, 2.24) is 10.6 Å². The largest absolute Gasteiger partial charge is 1.00 e. The van der Waals surface area contributed by atoms with Gasteiger partial charge < -0.3 is 20.8 Å². The van der Waals surface area contributed by atoms with Crippen LogP contribution in [-0.2, 0) is 34.1 Å². The number of amides is 2. The zero-order valence-corrected chi connectivity index (χ0v) is 45.4. The fourth-order valence-corrected chi connectivity index (χ4v) is 13.8. The molecule has 22 heteroatoms. The molecule has 2 amide bonds. The average Bonchev–Trinajstić information content (AvgIpc) is 3.29. The molecule has 0 aromatic heterocycles. The van der Waals surface area contributed by atoms with Crippen molar-refractivity contribution < 1.29 is 95.5 Å². The van der Waals surface area contributed by atoms with Crippen molar-refractivity contribution in [1.29, 1.82) is 0 Å². The summed E-state index contributed by atoms with van der Waals surface area (Å²) in [5, 5.41) is 15.4. The first-order chi connectivity index (χ1) is 34.5. The van der Waals surface area contributed by atoms with Crippen molar-refractivity contribution in [3.63, 3.8) is 0 Å². The molecular weight excluding hydrogens is 1030 g/mol. The smallest absolute Gasteiger partial charge is 0.844 e. The second-order valence-electron chi connectivity index (χ2n) is 23.0. The maximum Gasteiger partial charge on any atom is 1.00 e. The van der Waals surface area contributed by atoms with Gasteiger partial charge in [0.1, 0.15) is 11.2 Å². The van der Waals surface area contributed by atoms with Crippen LogP contribution in [0.2, 0.25) is 0 Å². The summed E-state index contributed by atoms with van der Waals surface area (Å²) in [6.07, 6.45) is 9.84. The van der Waals surface area contributed by atoms with Gasteiger partial charge in [-0.2, -0.15) is 34.4 Å². The van der Waals surface area contributed by atoms with E-state index in [0.29, 0.717) is 85.2 Å². The molecule has 0 spiro atoms. The average molecular weight is 1100 g/mol. The minimum absolute atomic E-state index is 0. The number of nitrogens with one attached hydrogen (secondary N) is 2. The van der Waals surface area contributed by atoms with Gasteiger partial charge in [-0.25, -0.2) is 0 Å². The summed E-state index contributed by atoms with van der Waals surface area (Å²) in [6.45, 7) is 7.91. The minimum atomic E-state index is -6.23. The molecule has 0 heterocycles. The fourth-order valence-electron chi connectivity index (χ4n) is 12.6. The predicted molar refractivity (Wildman–Crippen MR) is 265 cm³/mol. The first-order valence-electron chi connectivity index (χ1n) is 25.0. The normalized spacial score (nSPS) is 26.4. The SMILES string of the molecule is CC(C)(O)C(=O)c1ccccc1.CC(C)(OS(=O)(=O)C(F)(F)C(=O)NC12CC3CC(CC(C3)C1)C2)C(=O)c1ccccc1.CC(C)([O-])C(=O)c1ccccc1.O=C(NC12CC3CC(CC(C3)C1)C2)C(F)(F)S(=O)(=O)F.[Li+]. The Balaban J connectivity index is 0.000000203. The maximum atomic E-state index is 14.8. The van der Waals surface area contributed by atoms with Crippen LogP contribution < -0.4 is 34.6 Å². The summed E-state index contributed by atoms with van der Waals surface area (Å²) in [4.78, 5) is 59.4. The Bertz CT molecular complexity index is 2680. The quantitative estimate of drug-likeness (QED) is 0.0615. The van der Waals surface area contributed by atoms with Gasteiger partial charge in [0, 0.05) is 27.8 Å². The zero-order chi connectivity index (χ0) is 55.8. The third kappa shape index (κ3) is 14.7. The first kappa shape index (κ1) is 62.5. The molecule has 3 aromatic carbocycles. The first-order valence-corrected chi connectivity index (χ1v) is 27.8. The number of alkyl halides is 4. The summed E-state index contributed by atoms with van der Waals surface area (Å²) in [5.74, 6) is -2.94. The molecule has 8 aliphatic rings. The Labute approximate surface area is 453 Å². The molecule has 8 fully saturated rings. The van der Waals surface area contributed by atoms with E-state index in [4.69, 9.17) is 0 Å². The number of Topliss-reactive ketones (excluding diaryl/α,β-unsaturated/α-hetero) is 3. The number of carbonyl (C=O) groups is 5. The summed E-state index contributed by atoms with van der Waals surface area (Å²) in [7, 11) is -12.0. The van der Waals surface area contributed by atoms with Crippen LogP contribution >= 0.6 is 0 Å². The molecule has 0 saturated heterocycles. The summed E-state index contributed by atoms with van der Waals surface area (Å²) < 4.78 is 119. The molecule has 412 valence electrons. The molecule has 0 atom stereocenters. The number of hydrogen-bond donors (Lipinski definition) is 3. The van der Waals surface area contributed by atoms with Gasteiger partial charge in [-0.1, -0.05) is 114 Å². The Hall–Kier alpha value is -4.36. The molecule has 0 unspecified atom stereocenters. The molecule has 11 rings (SSSR count). The van der Waals surface area contributed by atoms with Gasteiger partial charge >= 0.3 is 61.5 Å². The number of carbonyl (C=O) groups excluding carboxylic acids is 5. The zero-order valence-electron chi connectivity index (χ0n) is 43.8. The van der Waals surface area contributed by atoms with Crippen molar-refractivity contribution in [2.75, 3.05) is 0 Å². The Morgan fingerprint density at radius 3 is 1.08 bits per heavy atom. The molecule has 3 N–H and O–H groups in total. The number of rotatable bonds is 14. The van der Waals surface area contributed by atoms with Gasteiger partial charge in [-0.05, 0) is 140 Å². The Morgan fingerprint density at radius 1 is 0.526 bits per heavy atom. The number of halogens is 5. The third-order valence-electron chi connectivity index (χ3n) is 15.1. The molecule has 8 bridgehead atoms. The van der Waals surface area contributed by atoms with Crippen molar-refractivity contribution in [3.8, 4) is 0 Å². The molecule has 3 aromatic rings. The van der Waals surface area contributed by atoms with Gasteiger partial charge in [-0.3, -0.25) is 28.2 Å². The topological polar surface area (TPSA) is 230 Å². The maximum absolute atomic E-state index is 14.8. The Morgan fingerprint density at radius 2 is 0.803 bits per heavy atom. The van der Waals surface area contributed by atoms with Crippen LogP contribution in [0.5, 0.6) is 0 Å². The molecule has 76 heavy (non-hydrogen) atoms. The van der Waals surface area contributed by atoms with Crippen LogP contribution in [0.4, 0.5) is 21.4 Å². The molecule has 8 aliphatic carbocycles. The van der Waals surface area contributed by atoms with Gasteiger partial charge in [0.05, 0.1) is 0 Å². The molecule has 0 radical (unpaired) electrons. The van der Waals surface area contributed by atoms with Crippen LogP contribution in [-0.4, -0.2) is 89.5 Å².